The van der Waals surface area contributed by atoms with Crippen LogP contribution in [0, 0.1) is 0 Å². The van der Waals surface area contributed by atoms with Crippen LogP contribution in [0.3, 0.4) is 0 Å². The van der Waals surface area contributed by atoms with Crippen molar-refractivity contribution in [2.45, 2.75) is 25.8 Å². The van der Waals surface area contributed by atoms with E-state index in [2.05, 4.69) is 10.6 Å². The quantitative estimate of drug-likeness (QED) is 0.780. The van der Waals surface area contributed by atoms with Crippen molar-refractivity contribution in [1.29, 1.82) is 0 Å². The molecule has 1 atom stereocenters. The van der Waals surface area contributed by atoms with Gasteiger partial charge < -0.3 is 15.7 Å². The molecule has 7 heteroatoms. The lowest BCUT2D eigenvalue weighted by Gasteiger charge is -2.16. The van der Waals surface area contributed by atoms with Crippen molar-refractivity contribution in [2.75, 3.05) is 5.32 Å². The van der Waals surface area contributed by atoms with Gasteiger partial charge in [0.2, 0.25) is 0 Å². The Morgan fingerprint density at radius 1 is 1.37 bits per heavy atom. The molecule has 0 fully saturated rings. The zero-order valence-corrected chi connectivity index (χ0v) is 11.8. The van der Waals surface area contributed by atoms with E-state index < -0.39 is 18.0 Å². The van der Waals surface area contributed by atoms with Gasteiger partial charge in [-0.25, -0.2) is 4.79 Å². The molecule has 0 aliphatic heterocycles. The van der Waals surface area contributed by atoms with Crippen LogP contribution in [0.4, 0.5) is 10.5 Å². The van der Waals surface area contributed by atoms with E-state index in [1.54, 1.807) is 25.1 Å². The van der Waals surface area contributed by atoms with Gasteiger partial charge in [0.05, 0.1) is 22.2 Å². The second-order valence-electron chi connectivity index (χ2n) is 3.90. The Bertz CT molecular complexity index is 480. The Kier molecular flexibility index (Phi) is 5.92. The molecular formula is C12H14Cl2N2O3. The highest BCUT2D eigenvalue weighted by molar-refractivity contribution is 6.43. The fraction of sp³-hybridized carbons (Fsp3) is 0.333. The summed E-state index contributed by atoms with van der Waals surface area (Å²) < 4.78 is 0. The first-order chi connectivity index (χ1) is 8.93. The Labute approximate surface area is 120 Å². The highest BCUT2D eigenvalue weighted by atomic mass is 35.5. The third-order valence-corrected chi connectivity index (χ3v) is 3.27. The second-order valence-corrected chi connectivity index (χ2v) is 4.69. The monoisotopic (exact) mass is 304 g/mol. The van der Waals surface area contributed by atoms with Crippen LogP contribution in [0.25, 0.3) is 0 Å². The van der Waals surface area contributed by atoms with Crippen molar-refractivity contribution in [1.82, 2.24) is 5.32 Å². The number of carboxylic acids is 1. The normalized spacial score (nSPS) is 11.7. The number of carbonyl (C=O) groups excluding carboxylic acids is 1. The summed E-state index contributed by atoms with van der Waals surface area (Å²) in [5, 5.41) is 14.4. The van der Waals surface area contributed by atoms with Gasteiger partial charge in [0.25, 0.3) is 0 Å². The molecule has 0 spiro atoms. The zero-order chi connectivity index (χ0) is 14.4. The van der Waals surface area contributed by atoms with Gasteiger partial charge in [0.1, 0.15) is 0 Å². The van der Waals surface area contributed by atoms with Gasteiger partial charge >= 0.3 is 12.0 Å². The van der Waals surface area contributed by atoms with Gasteiger partial charge in [-0.1, -0.05) is 36.2 Å². The van der Waals surface area contributed by atoms with Gasteiger partial charge in [0, 0.05) is 6.04 Å². The summed E-state index contributed by atoms with van der Waals surface area (Å²) in [6.45, 7) is 1.79. The summed E-state index contributed by atoms with van der Waals surface area (Å²) in [4.78, 5) is 22.3. The topological polar surface area (TPSA) is 78.4 Å². The molecule has 0 heterocycles. The van der Waals surface area contributed by atoms with Crippen LogP contribution >= 0.6 is 23.2 Å². The van der Waals surface area contributed by atoms with E-state index in [1.165, 1.54) is 0 Å². The first-order valence-corrected chi connectivity index (χ1v) is 6.43. The molecule has 1 unspecified atom stereocenters. The zero-order valence-electron chi connectivity index (χ0n) is 10.2. The fourth-order valence-electron chi connectivity index (χ4n) is 1.45. The number of anilines is 1. The minimum atomic E-state index is -0.965. The van der Waals surface area contributed by atoms with E-state index >= 15 is 0 Å². The second kappa shape index (κ2) is 7.21. The van der Waals surface area contributed by atoms with E-state index in [1.807, 2.05) is 0 Å². The lowest BCUT2D eigenvalue weighted by molar-refractivity contribution is -0.137. The number of amides is 2. The third-order valence-electron chi connectivity index (χ3n) is 2.45. The van der Waals surface area contributed by atoms with Crippen LogP contribution in [0.15, 0.2) is 18.2 Å². The predicted octanol–water partition coefficient (Wildman–Crippen LogP) is 3.37. The van der Waals surface area contributed by atoms with Crippen molar-refractivity contribution in [3.63, 3.8) is 0 Å². The molecule has 0 aliphatic carbocycles. The molecule has 3 N–H and O–H groups in total. The smallest absolute Gasteiger partial charge is 0.319 e. The molecule has 0 saturated heterocycles. The molecule has 1 aromatic rings. The van der Waals surface area contributed by atoms with Gasteiger partial charge in [-0.3, -0.25) is 4.79 Å². The number of hydrogen-bond acceptors (Lipinski definition) is 2. The number of halogens is 2. The molecule has 5 nitrogen and oxygen atoms in total. The highest BCUT2D eigenvalue weighted by Gasteiger charge is 2.15. The molecule has 2 amide bonds. The van der Waals surface area contributed by atoms with E-state index in [0.29, 0.717) is 17.1 Å². The lowest BCUT2D eigenvalue weighted by Crippen LogP contribution is -2.38. The Balaban J connectivity index is 2.64. The maximum Gasteiger partial charge on any atom is 0.319 e. The molecule has 0 radical (unpaired) electrons. The maximum atomic E-state index is 11.7. The van der Waals surface area contributed by atoms with E-state index in [4.69, 9.17) is 28.3 Å². The van der Waals surface area contributed by atoms with E-state index in [9.17, 15) is 9.59 Å². The number of carboxylic acid groups (broad SMARTS) is 1. The molecule has 1 rings (SSSR count). The minimum Gasteiger partial charge on any atom is -0.481 e. The van der Waals surface area contributed by atoms with Crippen molar-refractivity contribution < 1.29 is 14.7 Å². The van der Waals surface area contributed by atoms with Crippen molar-refractivity contribution in [2.24, 2.45) is 0 Å². The van der Waals surface area contributed by atoms with Gasteiger partial charge in [0.15, 0.2) is 0 Å². The van der Waals surface area contributed by atoms with Crippen molar-refractivity contribution in [3.05, 3.63) is 28.2 Å². The summed E-state index contributed by atoms with van der Waals surface area (Å²) >= 11 is 11.7. The molecule has 0 saturated carbocycles. The third kappa shape index (κ3) is 4.96. The first kappa shape index (κ1) is 15.6. The van der Waals surface area contributed by atoms with Crippen LogP contribution in [-0.4, -0.2) is 23.1 Å². The number of urea groups is 1. The summed E-state index contributed by atoms with van der Waals surface area (Å²) in [6, 6.07) is 3.91. The summed E-state index contributed by atoms with van der Waals surface area (Å²) in [5.74, 6) is -0.965. The number of carbonyl (C=O) groups is 2. The van der Waals surface area contributed by atoms with Crippen molar-refractivity contribution >= 4 is 40.9 Å². The Morgan fingerprint density at radius 3 is 2.63 bits per heavy atom. The van der Waals surface area contributed by atoms with Gasteiger partial charge in [-0.05, 0) is 18.6 Å². The standard InChI is InChI=1S/C12H14Cl2N2O3/c1-2-7(6-10(17)18)15-12(19)16-9-5-3-4-8(13)11(9)14/h3-5,7H,2,6H2,1H3,(H,17,18)(H2,15,16,19). The number of nitrogens with one attached hydrogen (secondary N) is 2. The molecule has 1 aromatic carbocycles. The largest absolute Gasteiger partial charge is 0.481 e. The highest BCUT2D eigenvalue weighted by Crippen LogP contribution is 2.29. The van der Waals surface area contributed by atoms with Crippen LogP contribution in [0.2, 0.25) is 10.0 Å². The Morgan fingerprint density at radius 2 is 2.05 bits per heavy atom. The molecule has 19 heavy (non-hydrogen) atoms. The summed E-state index contributed by atoms with van der Waals surface area (Å²) in [6.07, 6.45) is 0.385. The number of hydrogen-bond donors (Lipinski definition) is 3. The SMILES string of the molecule is CCC(CC(=O)O)NC(=O)Nc1cccc(Cl)c1Cl. The molecule has 0 aromatic heterocycles. The predicted molar refractivity (Wildman–Crippen MR) is 74.9 cm³/mol. The molecule has 0 bridgehead atoms. The van der Waals surface area contributed by atoms with Gasteiger partial charge in [-0.2, -0.15) is 0 Å². The molecular weight excluding hydrogens is 291 g/mol. The van der Waals surface area contributed by atoms with Gasteiger partial charge in [-0.15, -0.1) is 0 Å². The maximum absolute atomic E-state index is 11.7. The van der Waals surface area contributed by atoms with Crippen LogP contribution in [0.5, 0.6) is 0 Å². The number of rotatable bonds is 5. The van der Waals surface area contributed by atoms with E-state index in [0.717, 1.165) is 0 Å². The van der Waals surface area contributed by atoms with Crippen LogP contribution < -0.4 is 10.6 Å². The van der Waals surface area contributed by atoms with Crippen LogP contribution in [-0.2, 0) is 4.79 Å². The minimum absolute atomic E-state index is 0.132. The number of benzene rings is 1. The number of aliphatic carboxylic acids is 1. The summed E-state index contributed by atoms with van der Waals surface area (Å²) in [7, 11) is 0. The molecule has 104 valence electrons. The fourth-order valence-corrected chi connectivity index (χ4v) is 1.80. The summed E-state index contributed by atoms with van der Waals surface area (Å²) in [5.41, 5.74) is 0.372. The Hall–Kier alpha value is -1.46. The molecule has 0 aliphatic rings. The van der Waals surface area contributed by atoms with Crippen molar-refractivity contribution in [3.8, 4) is 0 Å². The van der Waals surface area contributed by atoms with Crippen LogP contribution in [0.1, 0.15) is 19.8 Å². The lowest BCUT2D eigenvalue weighted by atomic mass is 10.1. The first-order valence-electron chi connectivity index (χ1n) is 5.67. The van der Waals surface area contributed by atoms with E-state index in [-0.39, 0.29) is 11.4 Å². The average molecular weight is 305 g/mol. The average Bonchev–Trinajstić information content (AvgIpc) is 2.33.